The van der Waals surface area contributed by atoms with E-state index in [2.05, 4.69) is 0 Å². The second-order valence-electron chi connectivity index (χ2n) is 4.11. The zero-order chi connectivity index (χ0) is 9.87. The van der Waals surface area contributed by atoms with Gasteiger partial charge in [-0.05, 0) is 0 Å². The molecule has 0 aliphatic carbocycles. The lowest BCUT2D eigenvalue weighted by molar-refractivity contribution is -0.293. The number of Topliss-reactive ketones (excluding diaryl/α,β-unsaturated/α-hetero) is 1. The van der Waals surface area contributed by atoms with Crippen LogP contribution in [-0.4, -0.2) is 30.6 Å². The van der Waals surface area contributed by atoms with Crippen molar-refractivity contribution >= 4 is 5.78 Å². The van der Waals surface area contributed by atoms with Gasteiger partial charge in [-0.1, -0.05) is 13.8 Å². The van der Waals surface area contributed by atoms with E-state index in [1.54, 1.807) is 0 Å². The van der Waals surface area contributed by atoms with E-state index in [9.17, 15) is 4.79 Å². The summed E-state index contributed by atoms with van der Waals surface area (Å²) in [5.41, 5.74) is 0. The van der Waals surface area contributed by atoms with Gasteiger partial charge in [0.1, 0.15) is 18.0 Å². The molecule has 3 fully saturated rings. The van der Waals surface area contributed by atoms with Crippen molar-refractivity contribution in [3.63, 3.8) is 0 Å². The summed E-state index contributed by atoms with van der Waals surface area (Å²) in [7, 11) is 0. The van der Waals surface area contributed by atoms with Crippen molar-refractivity contribution in [1.82, 2.24) is 0 Å². The van der Waals surface area contributed by atoms with E-state index in [1.165, 1.54) is 0 Å². The lowest BCUT2D eigenvalue weighted by Crippen LogP contribution is -2.58. The first-order valence-corrected chi connectivity index (χ1v) is 4.85. The number of fused-ring (bicyclic) bond motifs is 6. The molecule has 5 nitrogen and oxygen atoms in total. The fraction of sp³-hybridized carbons (Fsp3) is 0.889. The molecule has 0 aromatic rings. The summed E-state index contributed by atoms with van der Waals surface area (Å²) in [5, 5.41) is 0. The lowest BCUT2D eigenvalue weighted by Gasteiger charge is -2.42. The number of carbonyl (C=O) groups is 1. The quantitative estimate of drug-likeness (QED) is 0.524. The van der Waals surface area contributed by atoms with Crippen LogP contribution in [0.25, 0.3) is 0 Å². The molecule has 0 N–H and O–H groups in total. The van der Waals surface area contributed by atoms with Crippen LogP contribution in [0.3, 0.4) is 0 Å². The fourth-order valence-corrected chi connectivity index (χ4v) is 2.31. The Kier molecular flexibility index (Phi) is 1.73. The molecular weight excluding hydrogens is 188 g/mol. The maximum absolute atomic E-state index is 11.8. The van der Waals surface area contributed by atoms with Crippen LogP contribution in [0, 0.1) is 11.8 Å². The van der Waals surface area contributed by atoms with Gasteiger partial charge < -0.3 is 9.47 Å². The molecule has 0 amide bonds. The van der Waals surface area contributed by atoms with Crippen molar-refractivity contribution in [1.29, 1.82) is 0 Å². The molecule has 3 aliphatic rings. The molecule has 3 aliphatic heterocycles. The highest BCUT2D eigenvalue weighted by molar-refractivity contribution is 5.84. The highest BCUT2D eigenvalue weighted by atomic mass is 17.3. The minimum atomic E-state index is -0.539. The zero-order valence-electron chi connectivity index (χ0n) is 8.01. The maximum Gasteiger partial charge on any atom is 0.221 e. The largest absolute Gasteiger partial charge is 0.363 e. The Morgan fingerprint density at radius 2 is 1.43 bits per heavy atom. The van der Waals surface area contributed by atoms with E-state index in [0.717, 1.165) is 0 Å². The van der Waals surface area contributed by atoms with Crippen LogP contribution in [0.1, 0.15) is 13.8 Å². The number of hydrogen-bond acceptors (Lipinski definition) is 5. The molecule has 3 rings (SSSR count). The van der Waals surface area contributed by atoms with Gasteiger partial charge in [0.15, 0.2) is 0 Å². The molecule has 78 valence electrons. The summed E-state index contributed by atoms with van der Waals surface area (Å²) in [6, 6.07) is 0. The summed E-state index contributed by atoms with van der Waals surface area (Å²) < 4.78 is 11.1. The van der Waals surface area contributed by atoms with Gasteiger partial charge in [0.05, 0.1) is 0 Å². The van der Waals surface area contributed by atoms with Crippen LogP contribution in [0.5, 0.6) is 0 Å². The predicted octanol–water partition coefficient (Wildman–Crippen LogP) is 0.239. The van der Waals surface area contributed by atoms with E-state index in [-0.39, 0.29) is 29.8 Å². The molecule has 0 saturated carbocycles. The summed E-state index contributed by atoms with van der Waals surface area (Å²) in [5.74, 6) is -0.165. The second kappa shape index (κ2) is 2.76. The fourth-order valence-electron chi connectivity index (χ4n) is 2.31. The van der Waals surface area contributed by atoms with Gasteiger partial charge in [0.2, 0.25) is 12.6 Å². The Bertz CT molecular complexity index is 254. The normalized spacial score (nSPS) is 56.3. The summed E-state index contributed by atoms with van der Waals surface area (Å²) in [6.07, 6.45) is -1.71. The molecule has 0 unspecified atom stereocenters. The average molecular weight is 200 g/mol. The molecule has 6 atom stereocenters. The SMILES string of the molecule is C[C@@H]1C(=O)[C@H](C)[C@@H]2O[C@H]1[C@@H]1OO[C@H]2O1. The highest BCUT2D eigenvalue weighted by Crippen LogP contribution is 2.40. The van der Waals surface area contributed by atoms with Crippen molar-refractivity contribution in [3.05, 3.63) is 0 Å². The van der Waals surface area contributed by atoms with E-state index >= 15 is 0 Å². The zero-order valence-corrected chi connectivity index (χ0v) is 8.01. The first-order chi connectivity index (χ1) is 6.68. The number of rotatable bonds is 0. The molecule has 4 bridgehead atoms. The van der Waals surface area contributed by atoms with Crippen LogP contribution in [0.15, 0.2) is 0 Å². The summed E-state index contributed by atoms with van der Waals surface area (Å²) >= 11 is 0. The van der Waals surface area contributed by atoms with Crippen LogP contribution in [0.2, 0.25) is 0 Å². The third-order valence-electron chi connectivity index (χ3n) is 3.25. The van der Waals surface area contributed by atoms with Gasteiger partial charge in [-0.25, -0.2) is 0 Å². The van der Waals surface area contributed by atoms with Crippen molar-refractivity contribution in [2.45, 2.75) is 38.6 Å². The molecule has 3 heterocycles. The van der Waals surface area contributed by atoms with Crippen molar-refractivity contribution in [3.8, 4) is 0 Å². The van der Waals surface area contributed by atoms with E-state index in [0.29, 0.717) is 0 Å². The molecule has 5 heteroatoms. The van der Waals surface area contributed by atoms with Crippen molar-refractivity contribution in [2.75, 3.05) is 0 Å². The Morgan fingerprint density at radius 1 is 0.929 bits per heavy atom. The molecule has 0 aromatic heterocycles. The van der Waals surface area contributed by atoms with Gasteiger partial charge in [0.25, 0.3) is 0 Å². The molecule has 0 aromatic carbocycles. The van der Waals surface area contributed by atoms with Crippen LogP contribution >= 0.6 is 0 Å². The van der Waals surface area contributed by atoms with Crippen LogP contribution in [0.4, 0.5) is 0 Å². The molecule has 0 radical (unpaired) electrons. The van der Waals surface area contributed by atoms with Crippen molar-refractivity contribution in [2.24, 2.45) is 11.8 Å². The molecular formula is C9H12O5. The molecule has 3 saturated heterocycles. The Morgan fingerprint density at radius 3 is 1.93 bits per heavy atom. The lowest BCUT2D eigenvalue weighted by atomic mass is 9.83. The smallest absolute Gasteiger partial charge is 0.221 e. The van der Waals surface area contributed by atoms with Gasteiger partial charge in [-0.3, -0.25) is 4.79 Å². The number of ketones is 1. The van der Waals surface area contributed by atoms with Crippen molar-refractivity contribution < 1.29 is 24.0 Å². The van der Waals surface area contributed by atoms with Gasteiger partial charge in [-0.15, -0.1) is 0 Å². The minimum absolute atomic E-state index is 0.186. The number of ether oxygens (including phenoxy) is 2. The molecule has 0 spiro atoms. The standard InChI is InChI=1S/C9H12O5/c1-3-5(10)4(2)7-9-12-8(13-14-9)6(3)11-7/h3-4,6-9H,1-2H3/t3-,4+,6-,7+,8+,9-. The van der Waals surface area contributed by atoms with E-state index in [1.807, 2.05) is 13.8 Å². The Labute approximate surface area is 81.2 Å². The highest BCUT2D eigenvalue weighted by Gasteiger charge is 2.56. The average Bonchev–Trinajstić information content (AvgIpc) is 2.59. The molecule has 14 heavy (non-hydrogen) atoms. The monoisotopic (exact) mass is 200 g/mol. The Hall–Kier alpha value is -0.490. The number of hydrogen-bond donors (Lipinski definition) is 0. The number of carbonyl (C=O) groups excluding carboxylic acids is 1. The van der Waals surface area contributed by atoms with Gasteiger partial charge in [0, 0.05) is 11.8 Å². The Balaban J connectivity index is 1.96. The first-order valence-electron chi connectivity index (χ1n) is 4.85. The van der Waals surface area contributed by atoms with E-state index in [4.69, 9.17) is 19.2 Å². The first kappa shape index (κ1) is 8.79. The minimum Gasteiger partial charge on any atom is -0.363 e. The van der Waals surface area contributed by atoms with Crippen LogP contribution < -0.4 is 0 Å². The third-order valence-corrected chi connectivity index (χ3v) is 3.25. The topological polar surface area (TPSA) is 54.0 Å². The van der Waals surface area contributed by atoms with Gasteiger partial charge >= 0.3 is 0 Å². The summed E-state index contributed by atoms with van der Waals surface area (Å²) in [4.78, 5) is 21.7. The second-order valence-corrected chi connectivity index (χ2v) is 4.11. The van der Waals surface area contributed by atoms with Crippen LogP contribution in [-0.2, 0) is 24.0 Å². The predicted molar refractivity (Wildman–Crippen MR) is 42.8 cm³/mol. The summed E-state index contributed by atoms with van der Waals surface area (Å²) in [6.45, 7) is 3.68. The van der Waals surface area contributed by atoms with E-state index < -0.39 is 12.6 Å². The third kappa shape index (κ3) is 0.954. The maximum atomic E-state index is 11.8. The van der Waals surface area contributed by atoms with Gasteiger partial charge in [-0.2, -0.15) is 9.78 Å².